The molecule has 0 aliphatic carbocycles. The molecule has 0 aromatic rings. The van der Waals surface area contributed by atoms with Gasteiger partial charge in [0.25, 0.3) is 0 Å². The Morgan fingerprint density at radius 2 is 2.09 bits per heavy atom. The van der Waals surface area contributed by atoms with Gasteiger partial charge in [-0.2, -0.15) is 0 Å². The van der Waals surface area contributed by atoms with Gasteiger partial charge in [0.15, 0.2) is 15.1 Å². The van der Waals surface area contributed by atoms with E-state index in [1.165, 1.54) is 0 Å². The van der Waals surface area contributed by atoms with Crippen LogP contribution in [0.1, 0.15) is 6.92 Å². The number of sulfone groups is 1. The van der Waals surface area contributed by atoms with Crippen LogP contribution in [0, 0.1) is 0 Å². The zero-order valence-electron chi connectivity index (χ0n) is 6.15. The summed E-state index contributed by atoms with van der Waals surface area (Å²) < 4.78 is 21.8. The summed E-state index contributed by atoms with van der Waals surface area (Å²) in [6.45, 7) is 1.09. The van der Waals surface area contributed by atoms with Crippen molar-refractivity contribution in [3.05, 3.63) is 0 Å². The van der Waals surface area contributed by atoms with Gasteiger partial charge in [0.2, 0.25) is 0 Å². The third-order valence-electron chi connectivity index (χ3n) is 1.29. The van der Waals surface area contributed by atoms with Crippen molar-refractivity contribution >= 4 is 15.8 Å². The van der Waals surface area contributed by atoms with Gasteiger partial charge in [0.05, 0.1) is 5.75 Å². The predicted molar refractivity (Wildman–Crippen MR) is 39.9 cm³/mol. The minimum absolute atomic E-state index is 0.0417. The highest BCUT2D eigenvalue weighted by molar-refractivity contribution is 7.92. The Morgan fingerprint density at radius 1 is 1.64 bits per heavy atom. The molecular weight excluding hydrogens is 170 g/mol. The molecular formula is C5H11NO4S. The fourth-order valence-electron chi connectivity index (χ4n) is 0.495. The minimum Gasteiger partial charge on any atom is -0.480 e. The van der Waals surface area contributed by atoms with Gasteiger partial charge in [-0.05, 0) is 6.92 Å². The largest absolute Gasteiger partial charge is 0.480 e. The quantitative estimate of drug-likeness (QED) is 0.569. The molecule has 0 saturated carbocycles. The summed E-state index contributed by atoms with van der Waals surface area (Å²) in [6, 6.07) is 0. The maximum absolute atomic E-state index is 10.9. The summed E-state index contributed by atoms with van der Waals surface area (Å²) in [4.78, 5) is 10.2. The standard InChI is InChI=1S/C5H11NO4S/c1-4(5(7)8)11(9,10)3-2-6/h4H,2-3,6H2,1H3,(H,7,8). The molecule has 1 unspecified atom stereocenters. The fraction of sp³-hybridized carbons (Fsp3) is 0.800. The van der Waals surface area contributed by atoms with Crippen LogP contribution < -0.4 is 5.73 Å². The first kappa shape index (κ1) is 10.4. The van der Waals surface area contributed by atoms with Crippen LogP contribution >= 0.6 is 0 Å². The van der Waals surface area contributed by atoms with Gasteiger partial charge in [0, 0.05) is 6.54 Å². The Kier molecular flexibility index (Phi) is 3.47. The molecule has 0 aliphatic rings. The summed E-state index contributed by atoms with van der Waals surface area (Å²) in [7, 11) is -3.53. The van der Waals surface area contributed by atoms with Gasteiger partial charge in [-0.1, -0.05) is 0 Å². The molecule has 0 amide bonds. The topological polar surface area (TPSA) is 97.5 Å². The third kappa shape index (κ3) is 2.85. The van der Waals surface area contributed by atoms with Crippen molar-refractivity contribution in [3.8, 4) is 0 Å². The molecule has 0 aliphatic heterocycles. The SMILES string of the molecule is CC(C(=O)O)S(=O)(=O)CCN. The van der Waals surface area contributed by atoms with Gasteiger partial charge in [-0.3, -0.25) is 4.79 Å². The Morgan fingerprint density at radius 3 is 2.36 bits per heavy atom. The monoisotopic (exact) mass is 181 g/mol. The number of carbonyl (C=O) groups is 1. The van der Waals surface area contributed by atoms with Gasteiger partial charge in [-0.15, -0.1) is 0 Å². The minimum atomic E-state index is -3.53. The van der Waals surface area contributed by atoms with Gasteiger partial charge < -0.3 is 10.8 Å². The van der Waals surface area contributed by atoms with E-state index >= 15 is 0 Å². The lowest BCUT2D eigenvalue weighted by atomic mass is 10.5. The average molecular weight is 181 g/mol. The van der Waals surface area contributed by atoms with Crippen molar-refractivity contribution in [1.82, 2.24) is 0 Å². The van der Waals surface area contributed by atoms with E-state index in [2.05, 4.69) is 0 Å². The predicted octanol–water partition coefficient (Wildman–Crippen LogP) is -1.17. The van der Waals surface area contributed by atoms with Crippen LogP contribution in [-0.2, 0) is 14.6 Å². The molecule has 6 heteroatoms. The number of carboxylic acids is 1. The van der Waals surface area contributed by atoms with E-state index < -0.39 is 21.1 Å². The van der Waals surface area contributed by atoms with Crippen LogP contribution in [0.15, 0.2) is 0 Å². The Bertz CT molecular complexity index is 233. The van der Waals surface area contributed by atoms with Crippen LogP contribution in [0.2, 0.25) is 0 Å². The molecule has 0 aromatic heterocycles. The van der Waals surface area contributed by atoms with Crippen molar-refractivity contribution in [2.24, 2.45) is 5.73 Å². The lowest BCUT2D eigenvalue weighted by molar-refractivity contribution is -0.136. The Hall–Kier alpha value is -0.620. The fourth-order valence-corrected chi connectivity index (χ4v) is 1.48. The molecule has 5 nitrogen and oxygen atoms in total. The van der Waals surface area contributed by atoms with Crippen molar-refractivity contribution < 1.29 is 18.3 Å². The molecule has 0 bridgehead atoms. The molecule has 3 N–H and O–H groups in total. The first-order valence-corrected chi connectivity index (χ1v) is 4.78. The maximum Gasteiger partial charge on any atom is 0.321 e. The summed E-state index contributed by atoms with van der Waals surface area (Å²) in [5.41, 5.74) is 4.98. The van der Waals surface area contributed by atoms with E-state index in [0.29, 0.717) is 0 Å². The summed E-state index contributed by atoms with van der Waals surface area (Å²) in [5.74, 6) is -1.61. The number of hydrogen-bond donors (Lipinski definition) is 2. The van der Waals surface area contributed by atoms with Crippen molar-refractivity contribution in [1.29, 1.82) is 0 Å². The second-order valence-corrected chi connectivity index (χ2v) is 4.58. The van der Waals surface area contributed by atoms with Crippen LogP contribution in [0.4, 0.5) is 0 Å². The molecule has 11 heavy (non-hydrogen) atoms. The number of rotatable bonds is 4. The van der Waals surface area contributed by atoms with Crippen molar-refractivity contribution in [2.75, 3.05) is 12.3 Å². The van der Waals surface area contributed by atoms with Crippen LogP contribution in [0.3, 0.4) is 0 Å². The van der Waals surface area contributed by atoms with E-state index in [0.717, 1.165) is 6.92 Å². The van der Waals surface area contributed by atoms with Gasteiger partial charge in [0.1, 0.15) is 0 Å². The second-order valence-electron chi connectivity index (χ2n) is 2.14. The summed E-state index contributed by atoms with van der Waals surface area (Å²) in [5, 5.41) is 6.97. The highest BCUT2D eigenvalue weighted by Gasteiger charge is 2.26. The molecule has 0 heterocycles. The van der Waals surface area contributed by atoms with Gasteiger partial charge in [-0.25, -0.2) is 8.42 Å². The van der Waals surface area contributed by atoms with Crippen LogP contribution in [0.5, 0.6) is 0 Å². The molecule has 0 fully saturated rings. The Labute approximate surface area is 65.1 Å². The highest BCUT2D eigenvalue weighted by atomic mass is 32.2. The van der Waals surface area contributed by atoms with E-state index in [1.807, 2.05) is 0 Å². The molecule has 0 spiro atoms. The lowest BCUT2D eigenvalue weighted by Crippen LogP contribution is -2.31. The van der Waals surface area contributed by atoms with Crippen LogP contribution in [0.25, 0.3) is 0 Å². The number of nitrogens with two attached hydrogens (primary N) is 1. The number of aliphatic carboxylic acids is 1. The van der Waals surface area contributed by atoms with E-state index in [4.69, 9.17) is 10.8 Å². The zero-order valence-corrected chi connectivity index (χ0v) is 6.97. The van der Waals surface area contributed by atoms with E-state index in [1.54, 1.807) is 0 Å². The number of hydrogen-bond acceptors (Lipinski definition) is 4. The molecule has 0 radical (unpaired) electrons. The average Bonchev–Trinajstić information content (AvgIpc) is 1.86. The van der Waals surface area contributed by atoms with Crippen molar-refractivity contribution in [3.63, 3.8) is 0 Å². The lowest BCUT2D eigenvalue weighted by Gasteiger charge is -2.05. The second kappa shape index (κ2) is 3.68. The first-order valence-electron chi connectivity index (χ1n) is 3.06. The maximum atomic E-state index is 10.9. The van der Waals surface area contributed by atoms with Gasteiger partial charge >= 0.3 is 5.97 Å². The van der Waals surface area contributed by atoms with Crippen molar-refractivity contribution in [2.45, 2.75) is 12.2 Å². The normalized spacial score (nSPS) is 14.4. The van der Waals surface area contributed by atoms with E-state index in [-0.39, 0.29) is 12.3 Å². The smallest absolute Gasteiger partial charge is 0.321 e. The molecule has 0 saturated heterocycles. The zero-order chi connectivity index (χ0) is 9.07. The first-order chi connectivity index (χ1) is 4.91. The highest BCUT2D eigenvalue weighted by Crippen LogP contribution is 2.00. The molecule has 66 valence electrons. The number of carboxylic acid groups (broad SMARTS) is 1. The van der Waals surface area contributed by atoms with E-state index in [9.17, 15) is 13.2 Å². The molecule has 1 atom stereocenters. The molecule has 0 aromatic carbocycles. The summed E-state index contributed by atoms with van der Waals surface area (Å²) in [6.07, 6.45) is 0. The summed E-state index contributed by atoms with van der Waals surface area (Å²) >= 11 is 0. The van der Waals surface area contributed by atoms with Crippen LogP contribution in [-0.4, -0.2) is 37.0 Å². The molecule has 0 rings (SSSR count). The third-order valence-corrected chi connectivity index (χ3v) is 3.37. The Balaban J connectivity index is 4.44.